The summed E-state index contributed by atoms with van der Waals surface area (Å²) in [6, 6.07) is 0. The average Bonchev–Trinajstić information content (AvgIpc) is 3.10. The molecule has 0 spiro atoms. The smallest absolute Gasteiger partial charge is 0.167 e. The van der Waals surface area contributed by atoms with Crippen LogP contribution in [0.25, 0.3) is 11.2 Å². The molecule has 4 heterocycles. The largest absolute Gasteiger partial charge is 0.382 e. The fourth-order valence-electron chi connectivity index (χ4n) is 2.99. The Morgan fingerprint density at radius 1 is 1.27 bits per heavy atom. The lowest BCUT2D eigenvalue weighted by Gasteiger charge is -2.23. The summed E-state index contributed by atoms with van der Waals surface area (Å²) in [4.78, 5) is 12.4. The van der Waals surface area contributed by atoms with Crippen molar-refractivity contribution >= 4 is 17.0 Å². The number of terminal acetylenes is 1. The molecule has 2 saturated heterocycles. The summed E-state index contributed by atoms with van der Waals surface area (Å²) in [7, 11) is 0. The minimum atomic E-state index is -0.711. The second-order valence-electron chi connectivity index (χ2n) is 5.76. The van der Waals surface area contributed by atoms with Crippen molar-refractivity contribution < 1.29 is 14.2 Å². The molecule has 0 amide bonds. The number of rotatable bonds is 1. The molecule has 0 aliphatic carbocycles. The molecule has 0 radical (unpaired) electrons. The molecular formula is C14H15N5O3. The number of nitrogen functional groups attached to an aromatic ring is 1. The van der Waals surface area contributed by atoms with Gasteiger partial charge in [-0.25, -0.2) is 15.0 Å². The van der Waals surface area contributed by atoms with Gasteiger partial charge in [-0.1, -0.05) is 5.92 Å². The molecule has 0 unspecified atom stereocenters. The highest BCUT2D eigenvalue weighted by Gasteiger charge is 2.55. The predicted molar refractivity (Wildman–Crippen MR) is 76.3 cm³/mol. The van der Waals surface area contributed by atoms with Crippen molar-refractivity contribution in [1.29, 1.82) is 0 Å². The molecular weight excluding hydrogens is 286 g/mol. The van der Waals surface area contributed by atoms with E-state index in [2.05, 4.69) is 20.9 Å². The topological polar surface area (TPSA) is 97.3 Å². The van der Waals surface area contributed by atoms with Crippen LogP contribution in [0.2, 0.25) is 0 Å². The van der Waals surface area contributed by atoms with Crippen molar-refractivity contribution in [2.24, 2.45) is 0 Å². The van der Waals surface area contributed by atoms with Crippen molar-refractivity contribution in [2.45, 2.75) is 44.2 Å². The summed E-state index contributed by atoms with van der Waals surface area (Å²) in [6.07, 6.45) is 6.89. The standard InChI is InChI=1S/C14H15N5O3/c1-4-7-9-10(22-14(2,3)21-9)13(20-7)19-6-18-8-11(15)16-5-17-12(8)19/h1,5-7,9-10,13H,2-3H3,(H2,15,16,17)/t7-,9-,10-,13-/m1/s1. The van der Waals surface area contributed by atoms with Crippen LogP contribution in [0.3, 0.4) is 0 Å². The van der Waals surface area contributed by atoms with E-state index in [1.54, 1.807) is 10.9 Å². The van der Waals surface area contributed by atoms with E-state index in [4.69, 9.17) is 26.4 Å². The van der Waals surface area contributed by atoms with Gasteiger partial charge in [-0.05, 0) is 13.8 Å². The minimum Gasteiger partial charge on any atom is -0.382 e. The van der Waals surface area contributed by atoms with E-state index in [9.17, 15) is 0 Å². The zero-order chi connectivity index (χ0) is 15.5. The summed E-state index contributed by atoms with van der Waals surface area (Å²) in [5.41, 5.74) is 6.91. The second-order valence-corrected chi connectivity index (χ2v) is 5.76. The van der Waals surface area contributed by atoms with Crippen LogP contribution < -0.4 is 5.73 Å². The van der Waals surface area contributed by atoms with Gasteiger partial charge >= 0.3 is 0 Å². The van der Waals surface area contributed by atoms with E-state index >= 15 is 0 Å². The Morgan fingerprint density at radius 2 is 2.05 bits per heavy atom. The number of hydrogen-bond acceptors (Lipinski definition) is 7. The molecule has 2 aliphatic heterocycles. The SMILES string of the molecule is C#C[C@H]1O[C@@H](n2cnc3c(N)ncnc32)[C@@H]2OC(C)(C)O[C@@H]21. The number of nitrogens with two attached hydrogens (primary N) is 1. The summed E-state index contributed by atoms with van der Waals surface area (Å²) < 4.78 is 19.5. The van der Waals surface area contributed by atoms with Gasteiger partial charge in [0.2, 0.25) is 0 Å². The Kier molecular flexibility index (Phi) is 2.69. The van der Waals surface area contributed by atoms with E-state index in [1.807, 2.05) is 13.8 Å². The van der Waals surface area contributed by atoms with E-state index < -0.39 is 18.1 Å². The summed E-state index contributed by atoms with van der Waals surface area (Å²) in [5, 5.41) is 0. The number of nitrogens with zero attached hydrogens (tertiary/aromatic N) is 4. The third-order valence-corrected chi connectivity index (χ3v) is 3.85. The highest BCUT2D eigenvalue weighted by molar-refractivity contribution is 5.81. The minimum absolute atomic E-state index is 0.315. The maximum absolute atomic E-state index is 5.95. The van der Waals surface area contributed by atoms with Crippen LogP contribution in [-0.2, 0) is 14.2 Å². The molecule has 0 aromatic carbocycles. The fraction of sp³-hybridized carbons (Fsp3) is 0.500. The van der Waals surface area contributed by atoms with E-state index in [0.717, 1.165) is 0 Å². The molecule has 2 fully saturated rings. The van der Waals surface area contributed by atoms with Crippen LogP contribution in [0.1, 0.15) is 20.1 Å². The first-order chi connectivity index (χ1) is 10.5. The number of anilines is 1. The van der Waals surface area contributed by atoms with Gasteiger partial charge in [0.15, 0.2) is 23.5 Å². The van der Waals surface area contributed by atoms with Crippen molar-refractivity contribution in [1.82, 2.24) is 19.5 Å². The van der Waals surface area contributed by atoms with Gasteiger partial charge in [0.1, 0.15) is 30.2 Å². The van der Waals surface area contributed by atoms with Gasteiger partial charge in [-0.3, -0.25) is 4.57 Å². The number of imidazole rings is 1. The van der Waals surface area contributed by atoms with Gasteiger partial charge in [0.05, 0.1) is 6.33 Å². The molecule has 8 nitrogen and oxygen atoms in total. The Balaban J connectivity index is 1.79. The molecule has 2 aliphatic rings. The van der Waals surface area contributed by atoms with Crippen LogP contribution >= 0.6 is 0 Å². The van der Waals surface area contributed by atoms with Gasteiger partial charge in [0.25, 0.3) is 0 Å². The van der Waals surface area contributed by atoms with Crippen LogP contribution in [0.15, 0.2) is 12.7 Å². The Morgan fingerprint density at radius 3 is 2.82 bits per heavy atom. The molecule has 2 aromatic heterocycles. The quantitative estimate of drug-likeness (QED) is 0.764. The lowest BCUT2D eigenvalue weighted by atomic mass is 10.1. The lowest BCUT2D eigenvalue weighted by Crippen LogP contribution is -2.28. The van der Waals surface area contributed by atoms with Crippen molar-refractivity contribution in [3.63, 3.8) is 0 Å². The summed E-state index contributed by atoms with van der Waals surface area (Å²) in [6.45, 7) is 3.70. The maximum Gasteiger partial charge on any atom is 0.167 e. The normalized spacial score (nSPS) is 33.0. The predicted octanol–water partition coefficient (Wildman–Crippen LogP) is 0.459. The highest BCUT2D eigenvalue weighted by Crippen LogP contribution is 2.43. The van der Waals surface area contributed by atoms with Crippen molar-refractivity contribution in [3.8, 4) is 12.3 Å². The molecule has 114 valence electrons. The van der Waals surface area contributed by atoms with Crippen LogP contribution in [0.4, 0.5) is 5.82 Å². The molecule has 4 rings (SSSR count). The van der Waals surface area contributed by atoms with Gasteiger partial charge in [-0.15, -0.1) is 6.42 Å². The van der Waals surface area contributed by atoms with Crippen molar-refractivity contribution in [2.75, 3.05) is 5.73 Å². The van der Waals surface area contributed by atoms with Gasteiger partial charge in [-0.2, -0.15) is 0 Å². The lowest BCUT2D eigenvalue weighted by molar-refractivity contribution is -0.190. The van der Waals surface area contributed by atoms with E-state index in [0.29, 0.717) is 17.0 Å². The molecule has 0 saturated carbocycles. The van der Waals surface area contributed by atoms with Crippen LogP contribution in [-0.4, -0.2) is 43.6 Å². The van der Waals surface area contributed by atoms with E-state index in [-0.39, 0.29) is 12.2 Å². The number of aromatic nitrogens is 4. The first kappa shape index (κ1) is 13.5. The second kappa shape index (κ2) is 4.39. The van der Waals surface area contributed by atoms with E-state index in [1.165, 1.54) is 6.33 Å². The first-order valence-electron chi connectivity index (χ1n) is 6.90. The first-order valence-corrected chi connectivity index (χ1v) is 6.90. The zero-order valence-electron chi connectivity index (χ0n) is 12.1. The molecule has 8 heteroatoms. The van der Waals surface area contributed by atoms with Gasteiger partial charge < -0.3 is 19.9 Å². The summed E-state index contributed by atoms with van der Waals surface area (Å²) in [5.74, 6) is 2.21. The van der Waals surface area contributed by atoms with Gasteiger partial charge in [0, 0.05) is 0 Å². The van der Waals surface area contributed by atoms with Crippen molar-refractivity contribution in [3.05, 3.63) is 12.7 Å². The van der Waals surface area contributed by atoms with Crippen LogP contribution in [0.5, 0.6) is 0 Å². The van der Waals surface area contributed by atoms with Crippen LogP contribution in [0, 0.1) is 12.3 Å². The Labute approximate surface area is 126 Å². The monoisotopic (exact) mass is 301 g/mol. The number of fused-ring (bicyclic) bond motifs is 2. The highest BCUT2D eigenvalue weighted by atomic mass is 16.8. The Bertz CT molecular complexity index is 780. The third kappa shape index (κ3) is 1.80. The molecule has 2 N–H and O–H groups in total. The fourth-order valence-corrected chi connectivity index (χ4v) is 2.99. The molecule has 2 aromatic rings. The average molecular weight is 301 g/mol. The Hall–Kier alpha value is -2.21. The summed E-state index contributed by atoms with van der Waals surface area (Å²) >= 11 is 0. The maximum atomic E-state index is 5.95. The number of hydrogen-bond donors (Lipinski definition) is 1. The zero-order valence-corrected chi connectivity index (χ0v) is 12.1. The molecule has 4 atom stereocenters. The number of ether oxygens (including phenoxy) is 3. The molecule has 22 heavy (non-hydrogen) atoms. The third-order valence-electron chi connectivity index (χ3n) is 3.85. The molecule has 0 bridgehead atoms.